The first kappa shape index (κ1) is 10.0. The second-order valence-electron chi connectivity index (χ2n) is 3.24. The summed E-state index contributed by atoms with van der Waals surface area (Å²) in [4.78, 5) is 0. The molecule has 0 fully saturated rings. The van der Waals surface area contributed by atoms with Crippen molar-refractivity contribution in [2.24, 2.45) is 7.05 Å². The lowest BCUT2D eigenvalue weighted by Gasteiger charge is -2.06. The van der Waals surface area contributed by atoms with Crippen molar-refractivity contribution in [3.8, 4) is 17.0 Å². The first-order chi connectivity index (χ1) is 7.09. The maximum Gasteiger partial charge on any atom is 0.116 e. The molecule has 1 aromatic carbocycles. The fourth-order valence-electron chi connectivity index (χ4n) is 1.48. The fraction of sp³-hybridized carbons (Fsp3) is 0.100. The molecule has 0 bridgehead atoms. The Labute approximate surface area is 95.5 Å². The summed E-state index contributed by atoms with van der Waals surface area (Å²) in [6.45, 7) is 0. The first-order valence-corrected chi connectivity index (χ1v) is 5.15. The predicted molar refractivity (Wildman–Crippen MR) is 62.4 cm³/mol. The second kappa shape index (κ2) is 3.58. The monoisotopic (exact) mass is 267 g/mol. The van der Waals surface area contributed by atoms with Gasteiger partial charge in [0.1, 0.15) is 5.75 Å². The smallest absolute Gasteiger partial charge is 0.116 e. The Bertz CT molecular complexity index is 488. The number of aryl methyl sites for hydroxylation is 1. The van der Waals surface area contributed by atoms with Crippen molar-refractivity contribution in [2.75, 3.05) is 5.73 Å². The normalized spacial score (nSPS) is 10.5. The van der Waals surface area contributed by atoms with Crippen LogP contribution in [0.25, 0.3) is 11.3 Å². The van der Waals surface area contributed by atoms with Gasteiger partial charge in [-0.3, -0.25) is 4.68 Å². The van der Waals surface area contributed by atoms with Crippen LogP contribution in [-0.2, 0) is 7.05 Å². The summed E-state index contributed by atoms with van der Waals surface area (Å²) >= 11 is 3.41. The molecule has 2 rings (SSSR count). The number of nitrogens with zero attached hydrogens (tertiary/aromatic N) is 2. The molecule has 1 heterocycles. The van der Waals surface area contributed by atoms with E-state index in [0.717, 1.165) is 15.7 Å². The highest BCUT2D eigenvalue weighted by atomic mass is 79.9. The number of phenolic OH excluding ortho intramolecular Hbond substituents is 1. The number of hydrogen-bond donors (Lipinski definition) is 2. The number of halogens is 1. The van der Waals surface area contributed by atoms with Gasteiger partial charge >= 0.3 is 0 Å². The van der Waals surface area contributed by atoms with E-state index in [1.165, 1.54) is 0 Å². The van der Waals surface area contributed by atoms with Crippen molar-refractivity contribution in [3.63, 3.8) is 0 Å². The van der Waals surface area contributed by atoms with Crippen LogP contribution in [0.3, 0.4) is 0 Å². The number of anilines is 1. The van der Waals surface area contributed by atoms with Crippen LogP contribution >= 0.6 is 15.9 Å². The van der Waals surface area contributed by atoms with Gasteiger partial charge in [-0.15, -0.1) is 0 Å². The maximum atomic E-state index is 9.43. The molecule has 0 unspecified atom stereocenters. The summed E-state index contributed by atoms with van der Waals surface area (Å²) in [5.41, 5.74) is 8.01. The fourth-order valence-corrected chi connectivity index (χ4v) is 1.91. The molecule has 5 heteroatoms. The van der Waals surface area contributed by atoms with Crippen molar-refractivity contribution in [3.05, 3.63) is 28.9 Å². The minimum Gasteiger partial charge on any atom is -0.508 e. The summed E-state index contributed by atoms with van der Waals surface area (Å²) in [7, 11) is 1.81. The second-order valence-corrected chi connectivity index (χ2v) is 4.09. The van der Waals surface area contributed by atoms with E-state index in [2.05, 4.69) is 21.0 Å². The zero-order valence-electron chi connectivity index (χ0n) is 8.11. The number of phenols is 1. The molecular weight excluding hydrogens is 258 g/mol. The largest absolute Gasteiger partial charge is 0.508 e. The molecule has 0 atom stereocenters. The lowest BCUT2D eigenvalue weighted by molar-refractivity contribution is 0.475. The van der Waals surface area contributed by atoms with Gasteiger partial charge in [0.15, 0.2) is 0 Å². The summed E-state index contributed by atoms with van der Waals surface area (Å²) in [5, 5.41) is 13.5. The van der Waals surface area contributed by atoms with Crippen LogP contribution in [0.4, 0.5) is 5.69 Å². The van der Waals surface area contributed by atoms with Gasteiger partial charge in [-0.05, 0) is 18.2 Å². The Morgan fingerprint density at radius 2 is 2.20 bits per heavy atom. The highest BCUT2D eigenvalue weighted by Gasteiger charge is 2.12. The van der Waals surface area contributed by atoms with Gasteiger partial charge in [-0.2, -0.15) is 5.10 Å². The van der Waals surface area contributed by atoms with Gasteiger partial charge in [0.05, 0.1) is 17.6 Å². The Kier molecular flexibility index (Phi) is 2.40. The third-order valence-electron chi connectivity index (χ3n) is 2.17. The van der Waals surface area contributed by atoms with Crippen LogP contribution in [0.15, 0.2) is 28.9 Å². The van der Waals surface area contributed by atoms with E-state index in [9.17, 15) is 5.11 Å². The summed E-state index contributed by atoms with van der Waals surface area (Å²) < 4.78 is 2.55. The van der Waals surface area contributed by atoms with Gasteiger partial charge in [0.25, 0.3) is 0 Å². The Morgan fingerprint density at radius 3 is 2.80 bits per heavy atom. The van der Waals surface area contributed by atoms with Gasteiger partial charge in [-0.1, -0.05) is 15.9 Å². The van der Waals surface area contributed by atoms with Gasteiger partial charge in [0.2, 0.25) is 0 Å². The molecule has 4 nitrogen and oxygen atoms in total. The van der Waals surface area contributed by atoms with Crippen molar-refractivity contribution >= 4 is 21.6 Å². The number of aromatic hydroxyl groups is 1. The average Bonchev–Trinajstić information content (AvgIpc) is 2.51. The summed E-state index contributed by atoms with van der Waals surface area (Å²) in [5.74, 6) is 0.203. The van der Waals surface area contributed by atoms with Crippen molar-refractivity contribution in [1.82, 2.24) is 9.78 Å². The topological polar surface area (TPSA) is 64.1 Å². The lowest BCUT2D eigenvalue weighted by Crippen LogP contribution is -1.96. The number of nitrogen functional groups attached to an aromatic ring is 1. The van der Waals surface area contributed by atoms with E-state index in [1.807, 2.05) is 7.05 Å². The van der Waals surface area contributed by atoms with Gasteiger partial charge < -0.3 is 10.8 Å². The van der Waals surface area contributed by atoms with Crippen molar-refractivity contribution in [1.29, 1.82) is 0 Å². The summed E-state index contributed by atoms with van der Waals surface area (Å²) in [6.07, 6.45) is 1.59. The molecule has 2 aromatic rings. The van der Waals surface area contributed by atoms with Crippen LogP contribution < -0.4 is 5.73 Å². The average molecular weight is 268 g/mol. The zero-order chi connectivity index (χ0) is 11.0. The number of aromatic nitrogens is 2. The SMILES string of the molecule is Cn1ncc(N)c1-c1cc(O)ccc1Br. The Morgan fingerprint density at radius 1 is 1.47 bits per heavy atom. The number of nitrogens with two attached hydrogens (primary N) is 1. The highest BCUT2D eigenvalue weighted by molar-refractivity contribution is 9.10. The first-order valence-electron chi connectivity index (χ1n) is 4.36. The molecule has 0 radical (unpaired) electrons. The van der Waals surface area contributed by atoms with Crippen molar-refractivity contribution in [2.45, 2.75) is 0 Å². The van der Waals surface area contributed by atoms with Crippen LogP contribution in [-0.4, -0.2) is 14.9 Å². The van der Waals surface area contributed by atoms with E-state index < -0.39 is 0 Å². The van der Waals surface area contributed by atoms with E-state index in [4.69, 9.17) is 5.73 Å². The van der Waals surface area contributed by atoms with E-state index in [-0.39, 0.29) is 5.75 Å². The Balaban J connectivity index is 2.68. The van der Waals surface area contributed by atoms with E-state index in [0.29, 0.717) is 5.69 Å². The van der Waals surface area contributed by atoms with Crippen LogP contribution in [0, 0.1) is 0 Å². The third-order valence-corrected chi connectivity index (χ3v) is 2.86. The molecule has 0 aliphatic rings. The maximum absolute atomic E-state index is 9.43. The van der Waals surface area contributed by atoms with Crippen LogP contribution in [0.2, 0.25) is 0 Å². The molecule has 0 aliphatic carbocycles. The molecule has 0 spiro atoms. The molecule has 15 heavy (non-hydrogen) atoms. The number of benzene rings is 1. The van der Waals surface area contributed by atoms with E-state index >= 15 is 0 Å². The molecule has 0 amide bonds. The molecule has 0 saturated heterocycles. The highest BCUT2D eigenvalue weighted by Crippen LogP contribution is 2.33. The predicted octanol–water partition coefficient (Wildman–Crippen LogP) is 2.14. The summed E-state index contributed by atoms with van der Waals surface area (Å²) in [6, 6.07) is 5.04. The quantitative estimate of drug-likeness (QED) is 0.832. The van der Waals surface area contributed by atoms with Gasteiger partial charge in [0, 0.05) is 17.1 Å². The molecule has 0 aliphatic heterocycles. The minimum atomic E-state index is 0.203. The van der Waals surface area contributed by atoms with Gasteiger partial charge in [-0.25, -0.2) is 0 Å². The molecule has 78 valence electrons. The van der Waals surface area contributed by atoms with Crippen LogP contribution in [0.1, 0.15) is 0 Å². The molecule has 1 aromatic heterocycles. The zero-order valence-corrected chi connectivity index (χ0v) is 9.69. The minimum absolute atomic E-state index is 0.203. The van der Waals surface area contributed by atoms with E-state index in [1.54, 1.807) is 29.1 Å². The van der Waals surface area contributed by atoms with Crippen LogP contribution in [0.5, 0.6) is 5.75 Å². The standard InChI is InChI=1S/C10H10BrN3O/c1-14-10(9(12)5-13-14)7-4-6(15)2-3-8(7)11/h2-5,15H,12H2,1H3. The van der Waals surface area contributed by atoms with Crippen molar-refractivity contribution < 1.29 is 5.11 Å². The lowest BCUT2D eigenvalue weighted by atomic mass is 10.1. The Hall–Kier alpha value is -1.49. The number of rotatable bonds is 1. The third kappa shape index (κ3) is 1.70. The number of hydrogen-bond acceptors (Lipinski definition) is 3. The molecule has 0 saturated carbocycles. The molecule has 3 N–H and O–H groups in total. The molecular formula is C10H10BrN3O.